The van der Waals surface area contributed by atoms with E-state index >= 15 is 0 Å². The number of benzene rings is 1. The Hall–Kier alpha value is -1.30. The Morgan fingerprint density at radius 1 is 1.35 bits per heavy atom. The number of nitrogens with two attached hydrogens (primary N) is 1. The fourth-order valence-electron chi connectivity index (χ4n) is 1.52. The summed E-state index contributed by atoms with van der Waals surface area (Å²) in [4.78, 5) is 0. The van der Waals surface area contributed by atoms with Crippen LogP contribution >= 0.6 is 0 Å². The van der Waals surface area contributed by atoms with Crippen molar-refractivity contribution in [1.29, 1.82) is 0 Å². The zero-order valence-corrected chi connectivity index (χ0v) is 9.22. The summed E-state index contributed by atoms with van der Waals surface area (Å²) in [5.74, 6) is -0.487. The van der Waals surface area contributed by atoms with Crippen LogP contribution in [0.25, 0.3) is 0 Å². The first-order valence-electron chi connectivity index (χ1n) is 5.00. The summed E-state index contributed by atoms with van der Waals surface area (Å²) in [6.07, 6.45) is -5.72. The van der Waals surface area contributed by atoms with Crippen molar-refractivity contribution in [3.8, 4) is 5.75 Å². The molecule has 0 amide bonds. The Labute approximate surface area is 96.4 Å². The molecule has 2 nitrogen and oxygen atoms in total. The summed E-state index contributed by atoms with van der Waals surface area (Å²) >= 11 is 0. The van der Waals surface area contributed by atoms with Crippen LogP contribution in [-0.2, 0) is 0 Å². The van der Waals surface area contributed by atoms with Gasteiger partial charge in [0.15, 0.2) is 0 Å². The van der Waals surface area contributed by atoms with E-state index in [0.29, 0.717) is 0 Å². The van der Waals surface area contributed by atoms with Gasteiger partial charge in [0.2, 0.25) is 0 Å². The van der Waals surface area contributed by atoms with Gasteiger partial charge >= 0.3 is 6.18 Å². The molecule has 96 valence electrons. The van der Waals surface area contributed by atoms with E-state index in [2.05, 4.69) is 0 Å². The van der Waals surface area contributed by atoms with Crippen LogP contribution < -0.4 is 10.5 Å². The summed E-state index contributed by atoms with van der Waals surface area (Å²) in [7, 11) is 1.31. The SMILES string of the molecule is COc1cccc(F)c1[C@@H](N)CCC(F)(F)F. The molecule has 17 heavy (non-hydrogen) atoms. The average molecular weight is 251 g/mol. The zero-order chi connectivity index (χ0) is 13.1. The third-order valence-electron chi connectivity index (χ3n) is 2.34. The van der Waals surface area contributed by atoms with Crippen molar-refractivity contribution >= 4 is 0 Å². The predicted molar refractivity (Wildman–Crippen MR) is 55.2 cm³/mol. The maximum absolute atomic E-state index is 13.5. The fourth-order valence-corrected chi connectivity index (χ4v) is 1.52. The van der Waals surface area contributed by atoms with Gasteiger partial charge in [-0.05, 0) is 18.6 Å². The minimum absolute atomic E-state index is 0.0146. The summed E-state index contributed by atoms with van der Waals surface area (Å²) in [6.45, 7) is 0. The van der Waals surface area contributed by atoms with Crippen LogP contribution in [0.3, 0.4) is 0 Å². The first-order chi connectivity index (χ1) is 7.85. The van der Waals surface area contributed by atoms with E-state index in [0.717, 1.165) is 6.07 Å². The van der Waals surface area contributed by atoms with Crippen LogP contribution in [0.4, 0.5) is 17.6 Å². The molecule has 0 aliphatic heterocycles. The van der Waals surface area contributed by atoms with E-state index in [4.69, 9.17) is 10.5 Å². The minimum atomic E-state index is -4.30. The van der Waals surface area contributed by atoms with Crippen molar-refractivity contribution in [3.05, 3.63) is 29.6 Å². The van der Waals surface area contributed by atoms with Crippen LogP contribution in [0.2, 0.25) is 0 Å². The average Bonchev–Trinajstić information content (AvgIpc) is 2.24. The third-order valence-corrected chi connectivity index (χ3v) is 2.34. The molecule has 0 aliphatic rings. The van der Waals surface area contributed by atoms with Gasteiger partial charge in [-0.2, -0.15) is 13.2 Å². The van der Waals surface area contributed by atoms with Gasteiger partial charge in [0.05, 0.1) is 7.11 Å². The van der Waals surface area contributed by atoms with Crippen LogP contribution in [0.5, 0.6) is 5.75 Å². The topological polar surface area (TPSA) is 35.2 Å². The number of methoxy groups -OCH3 is 1. The van der Waals surface area contributed by atoms with E-state index in [-0.39, 0.29) is 17.7 Å². The van der Waals surface area contributed by atoms with Gasteiger partial charge < -0.3 is 10.5 Å². The maximum Gasteiger partial charge on any atom is 0.389 e. The van der Waals surface area contributed by atoms with Gasteiger partial charge in [-0.15, -0.1) is 0 Å². The molecule has 0 unspecified atom stereocenters. The van der Waals surface area contributed by atoms with Gasteiger partial charge in [0, 0.05) is 18.0 Å². The second-order valence-electron chi connectivity index (χ2n) is 3.62. The number of rotatable bonds is 4. The molecule has 0 saturated heterocycles. The minimum Gasteiger partial charge on any atom is -0.496 e. The summed E-state index contributed by atoms with van der Waals surface area (Å²) in [6, 6.07) is 2.98. The monoisotopic (exact) mass is 251 g/mol. The molecule has 0 spiro atoms. The number of hydrogen-bond acceptors (Lipinski definition) is 2. The van der Waals surface area contributed by atoms with Crippen molar-refractivity contribution in [2.24, 2.45) is 5.73 Å². The van der Waals surface area contributed by atoms with Crippen molar-refractivity contribution < 1.29 is 22.3 Å². The van der Waals surface area contributed by atoms with Crippen LogP contribution in [0, 0.1) is 5.82 Å². The van der Waals surface area contributed by atoms with E-state index < -0.39 is 24.5 Å². The molecule has 1 rings (SSSR count). The molecule has 6 heteroatoms. The number of halogens is 4. The lowest BCUT2D eigenvalue weighted by atomic mass is 10.0. The Bertz CT molecular complexity index is 378. The number of ether oxygens (including phenoxy) is 1. The molecule has 0 fully saturated rings. The molecule has 1 atom stereocenters. The van der Waals surface area contributed by atoms with Crippen molar-refractivity contribution in [1.82, 2.24) is 0 Å². The van der Waals surface area contributed by atoms with Crippen LogP contribution in [-0.4, -0.2) is 13.3 Å². The normalized spacial score (nSPS) is 13.5. The Morgan fingerprint density at radius 2 is 2.00 bits per heavy atom. The summed E-state index contributed by atoms with van der Waals surface area (Å²) in [5.41, 5.74) is 5.54. The highest BCUT2D eigenvalue weighted by atomic mass is 19.4. The first-order valence-corrected chi connectivity index (χ1v) is 5.00. The van der Waals surface area contributed by atoms with E-state index in [1.165, 1.54) is 19.2 Å². The lowest BCUT2D eigenvalue weighted by molar-refractivity contribution is -0.136. The van der Waals surface area contributed by atoms with Gasteiger partial charge in [-0.3, -0.25) is 0 Å². The molecule has 0 bridgehead atoms. The second kappa shape index (κ2) is 5.35. The molecule has 0 heterocycles. The molecule has 0 aromatic heterocycles. The Kier molecular flexibility index (Phi) is 4.34. The summed E-state index contributed by atoms with van der Waals surface area (Å²) < 4.78 is 54.4. The molecule has 0 aliphatic carbocycles. The quantitative estimate of drug-likeness (QED) is 0.834. The van der Waals surface area contributed by atoms with Crippen LogP contribution in [0.1, 0.15) is 24.4 Å². The highest BCUT2D eigenvalue weighted by molar-refractivity contribution is 5.36. The van der Waals surface area contributed by atoms with Crippen molar-refractivity contribution in [2.45, 2.75) is 25.1 Å². The molecule has 2 N–H and O–H groups in total. The standard InChI is InChI=1S/C11H13F4NO/c1-17-9-4-2-3-7(12)10(9)8(16)5-6-11(13,14)15/h2-4,8H,5-6,16H2,1H3/t8-/m0/s1. The molecule has 1 aromatic carbocycles. The molecule has 0 radical (unpaired) electrons. The van der Waals surface area contributed by atoms with Gasteiger partial charge in [0.25, 0.3) is 0 Å². The molecular weight excluding hydrogens is 238 g/mol. The lowest BCUT2D eigenvalue weighted by Gasteiger charge is -2.17. The van der Waals surface area contributed by atoms with Crippen molar-refractivity contribution in [2.75, 3.05) is 7.11 Å². The fraction of sp³-hybridized carbons (Fsp3) is 0.455. The molecular formula is C11H13F4NO. The van der Waals surface area contributed by atoms with Gasteiger partial charge in [0.1, 0.15) is 11.6 Å². The lowest BCUT2D eigenvalue weighted by Crippen LogP contribution is -2.17. The van der Waals surface area contributed by atoms with E-state index in [9.17, 15) is 17.6 Å². The van der Waals surface area contributed by atoms with E-state index in [1.54, 1.807) is 0 Å². The first kappa shape index (κ1) is 13.8. The predicted octanol–water partition coefficient (Wildman–Crippen LogP) is 3.18. The molecule has 1 aromatic rings. The van der Waals surface area contributed by atoms with E-state index in [1.807, 2.05) is 0 Å². The highest BCUT2D eigenvalue weighted by Crippen LogP contribution is 2.32. The largest absolute Gasteiger partial charge is 0.496 e. The molecule has 0 saturated carbocycles. The number of alkyl halides is 3. The zero-order valence-electron chi connectivity index (χ0n) is 9.22. The maximum atomic E-state index is 13.5. The highest BCUT2D eigenvalue weighted by Gasteiger charge is 2.29. The van der Waals surface area contributed by atoms with Crippen molar-refractivity contribution in [3.63, 3.8) is 0 Å². The second-order valence-corrected chi connectivity index (χ2v) is 3.62. The summed E-state index contributed by atoms with van der Waals surface area (Å²) in [5, 5.41) is 0. The smallest absolute Gasteiger partial charge is 0.389 e. The van der Waals surface area contributed by atoms with Gasteiger partial charge in [-0.25, -0.2) is 4.39 Å². The Morgan fingerprint density at radius 3 is 2.53 bits per heavy atom. The number of hydrogen-bond donors (Lipinski definition) is 1. The third kappa shape index (κ3) is 3.89. The Balaban J connectivity index is 2.84. The van der Waals surface area contributed by atoms with Gasteiger partial charge in [-0.1, -0.05) is 6.07 Å². The van der Waals surface area contributed by atoms with Crippen LogP contribution in [0.15, 0.2) is 18.2 Å².